The summed E-state index contributed by atoms with van der Waals surface area (Å²) in [6.45, 7) is -2.41. The molecule has 0 fully saturated rings. The summed E-state index contributed by atoms with van der Waals surface area (Å²) < 4.78 is 85.3. The lowest BCUT2D eigenvalue weighted by molar-refractivity contribution is -0.206. The van der Waals surface area contributed by atoms with Crippen LogP contribution in [-0.2, 0) is 25.5 Å². The first kappa shape index (κ1) is 27.5. The van der Waals surface area contributed by atoms with Gasteiger partial charge < -0.3 is 9.47 Å². The van der Waals surface area contributed by atoms with Gasteiger partial charge in [0.2, 0.25) is 0 Å². The molecule has 0 radical (unpaired) electrons. The van der Waals surface area contributed by atoms with Crippen LogP contribution in [0.3, 0.4) is 0 Å². The van der Waals surface area contributed by atoms with Crippen molar-refractivity contribution >= 4 is 11.9 Å². The van der Waals surface area contributed by atoms with Crippen LogP contribution in [0, 0.1) is 5.41 Å². The maximum Gasteiger partial charge on any atom is 0.422 e. The van der Waals surface area contributed by atoms with Crippen molar-refractivity contribution in [2.75, 3.05) is 13.2 Å². The van der Waals surface area contributed by atoms with Crippen LogP contribution in [0.25, 0.3) is 0 Å². The van der Waals surface area contributed by atoms with Gasteiger partial charge in [-0.2, -0.15) is 26.3 Å². The average Bonchev–Trinajstić information content (AvgIpc) is 2.75. The van der Waals surface area contributed by atoms with Crippen molar-refractivity contribution in [2.24, 2.45) is 5.41 Å². The molecule has 0 N–H and O–H groups in total. The molecule has 4 nitrogen and oxygen atoms in total. The smallest absolute Gasteiger partial charge is 0.422 e. The lowest BCUT2D eigenvalue weighted by atomic mass is 9.76. The van der Waals surface area contributed by atoms with Gasteiger partial charge in [-0.25, -0.2) is 0 Å². The number of halogens is 6. The van der Waals surface area contributed by atoms with Gasteiger partial charge in [0.1, 0.15) is 0 Å². The largest absolute Gasteiger partial charge is 0.455 e. The van der Waals surface area contributed by atoms with E-state index in [1.807, 2.05) is 6.08 Å². The molecule has 34 heavy (non-hydrogen) atoms. The van der Waals surface area contributed by atoms with Gasteiger partial charge in [-0.3, -0.25) is 9.59 Å². The zero-order valence-electron chi connectivity index (χ0n) is 18.6. The highest BCUT2D eigenvalue weighted by molar-refractivity contribution is 6.00. The molecule has 1 aromatic carbocycles. The summed E-state index contributed by atoms with van der Waals surface area (Å²) >= 11 is 0. The van der Waals surface area contributed by atoms with Crippen molar-refractivity contribution in [1.82, 2.24) is 0 Å². The molecule has 0 bridgehead atoms. The molecule has 0 heterocycles. The van der Waals surface area contributed by atoms with Crippen molar-refractivity contribution in [3.8, 4) is 0 Å². The van der Waals surface area contributed by atoms with Gasteiger partial charge in [-0.05, 0) is 51.0 Å². The number of alkyl halides is 6. The normalized spacial score (nSPS) is 15.5. The minimum absolute atomic E-state index is 0.347. The van der Waals surface area contributed by atoms with Crippen molar-refractivity contribution in [3.05, 3.63) is 59.2 Å². The highest BCUT2D eigenvalue weighted by atomic mass is 19.4. The number of hydrogen-bond acceptors (Lipinski definition) is 4. The van der Waals surface area contributed by atoms with E-state index in [1.54, 1.807) is 31.2 Å². The SMILES string of the molecule is C/C(=C\C1=CCCCC1)CC(Cc1ccccc1)(C(=O)OCC(F)(F)F)C(=O)OCC(F)(F)F. The molecule has 0 amide bonds. The van der Waals surface area contributed by atoms with Crippen molar-refractivity contribution in [1.29, 1.82) is 0 Å². The number of ether oxygens (including phenoxy) is 2. The first-order valence-electron chi connectivity index (χ1n) is 10.7. The Bertz CT molecular complexity index is 870. The lowest BCUT2D eigenvalue weighted by Gasteiger charge is -2.30. The van der Waals surface area contributed by atoms with Gasteiger partial charge in [0.25, 0.3) is 0 Å². The second kappa shape index (κ2) is 11.6. The van der Waals surface area contributed by atoms with E-state index in [-0.39, 0.29) is 0 Å². The number of allylic oxidation sites excluding steroid dienone is 4. The lowest BCUT2D eigenvalue weighted by Crippen LogP contribution is -2.46. The summed E-state index contributed by atoms with van der Waals surface area (Å²) in [5, 5.41) is 0. The van der Waals surface area contributed by atoms with Crippen molar-refractivity contribution in [2.45, 2.75) is 57.8 Å². The fraction of sp³-hybridized carbons (Fsp3) is 0.500. The molecule has 0 aliphatic heterocycles. The van der Waals surface area contributed by atoms with Crippen LogP contribution in [0.2, 0.25) is 0 Å². The van der Waals surface area contributed by atoms with Crippen LogP contribution in [0.4, 0.5) is 26.3 Å². The minimum atomic E-state index is -4.89. The summed E-state index contributed by atoms with van der Waals surface area (Å²) in [7, 11) is 0. The van der Waals surface area contributed by atoms with Crippen LogP contribution in [0.15, 0.2) is 53.6 Å². The molecule has 0 spiro atoms. The number of esters is 2. The maximum absolute atomic E-state index is 13.0. The van der Waals surface area contributed by atoms with Gasteiger partial charge in [0, 0.05) is 0 Å². The Balaban J connectivity index is 2.48. The van der Waals surface area contributed by atoms with Gasteiger partial charge in [-0.1, -0.05) is 53.6 Å². The summed E-state index contributed by atoms with van der Waals surface area (Å²) in [6.07, 6.45) is -3.58. The molecular formula is C24H26F6O4. The molecule has 0 atom stereocenters. The zero-order valence-corrected chi connectivity index (χ0v) is 18.6. The molecule has 1 aliphatic rings. The molecule has 2 rings (SSSR count). The molecular weight excluding hydrogens is 466 g/mol. The van der Waals surface area contributed by atoms with Crippen molar-refractivity contribution in [3.63, 3.8) is 0 Å². The number of carbonyl (C=O) groups excluding carboxylic acids is 2. The quantitative estimate of drug-likeness (QED) is 0.232. The molecule has 0 saturated heterocycles. The second-order valence-electron chi connectivity index (χ2n) is 8.32. The van der Waals surface area contributed by atoms with Gasteiger partial charge in [0.05, 0.1) is 0 Å². The zero-order chi connectivity index (χ0) is 25.4. The van der Waals surface area contributed by atoms with E-state index >= 15 is 0 Å². The van der Waals surface area contributed by atoms with E-state index in [0.717, 1.165) is 31.3 Å². The fourth-order valence-electron chi connectivity index (χ4n) is 3.79. The molecule has 1 aromatic rings. The number of hydrogen-bond donors (Lipinski definition) is 0. The number of benzene rings is 1. The highest BCUT2D eigenvalue weighted by Gasteiger charge is 2.51. The standard InChI is InChI=1S/C24H26F6O4/c1-17(12-18-8-4-2-5-9-18)13-22(14-19-10-6-3-7-11-19,20(31)33-15-23(25,26)27)21(32)34-16-24(28,29)30/h3,6-8,10-12H,2,4-5,9,13-16H2,1H3/b17-12+. The minimum Gasteiger partial charge on any atom is -0.455 e. The molecule has 188 valence electrons. The van der Waals surface area contributed by atoms with Gasteiger partial charge in [0.15, 0.2) is 18.6 Å². The Morgan fingerprint density at radius 1 is 0.912 bits per heavy atom. The summed E-state index contributed by atoms with van der Waals surface area (Å²) in [6, 6.07) is 7.78. The van der Waals surface area contributed by atoms with E-state index in [0.29, 0.717) is 11.1 Å². The Kier molecular flexibility index (Phi) is 9.35. The van der Waals surface area contributed by atoms with E-state index in [2.05, 4.69) is 9.47 Å². The molecule has 0 aromatic heterocycles. The fourth-order valence-corrected chi connectivity index (χ4v) is 3.79. The molecule has 0 saturated carbocycles. The summed E-state index contributed by atoms with van der Waals surface area (Å²) in [5.41, 5.74) is -0.741. The summed E-state index contributed by atoms with van der Waals surface area (Å²) in [5.74, 6) is -3.18. The third kappa shape index (κ3) is 8.87. The first-order valence-corrected chi connectivity index (χ1v) is 10.7. The Morgan fingerprint density at radius 3 is 1.94 bits per heavy atom. The number of rotatable bonds is 9. The van der Waals surface area contributed by atoms with E-state index in [9.17, 15) is 35.9 Å². The van der Waals surface area contributed by atoms with Crippen molar-refractivity contribution < 1.29 is 45.4 Å². The Labute approximate surface area is 193 Å². The van der Waals surface area contributed by atoms with Crippen LogP contribution in [-0.4, -0.2) is 37.5 Å². The first-order chi connectivity index (χ1) is 15.8. The van der Waals surface area contributed by atoms with Crippen LogP contribution in [0.5, 0.6) is 0 Å². The highest BCUT2D eigenvalue weighted by Crippen LogP contribution is 2.36. The van der Waals surface area contributed by atoms with E-state index in [4.69, 9.17) is 0 Å². The number of carbonyl (C=O) groups is 2. The van der Waals surface area contributed by atoms with Gasteiger partial charge in [-0.15, -0.1) is 0 Å². The second-order valence-corrected chi connectivity index (χ2v) is 8.32. The predicted octanol–water partition coefficient (Wildman–Crippen LogP) is 6.26. The predicted molar refractivity (Wildman–Crippen MR) is 112 cm³/mol. The molecule has 10 heteroatoms. The van der Waals surface area contributed by atoms with E-state index in [1.165, 1.54) is 12.1 Å². The topological polar surface area (TPSA) is 52.6 Å². The van der Waals surface area contributed by atoms with Crippen LogP contribution < -0.4 is 0 Å². The average molecular weight is 492 g/mol. The Morgan fingerprint density at radius 2 is 1.47 bits per heavy atom. The Hall–Kier alpha value is -2.78. The van der Waals surface area contributed by atoms with Gasteiger partial charge >= 0.3 is 24.3 Å². The van der Waals surface area contributed by atoms with E-state index < -0.39 is 55.8 Å². The third-order valence-corrected chi connectivity index (χ3v) is 5.20. The van der Waals surface area contributed by atoms with Crippen LogP contribution in [0.1, 0.15) is 44.6 Å². The van der Waals surface area contributed by atoms with Crippen LogP contribution >= 0.6 is 0 Å². The molecule has 0 unspecified atom stereocenters. The molecule has 1 aliphatic carbocycles. The monoisotopic (exact) mass is 492 g/mol. The third-order valence-electron chi connectivity index (χ3n) is 5.20. The summed E-state index contributed by atoms with van der Waals surface area (Å²) in [4.78, 5) is 25.9. The maximum atomic E-state index is 13.0.